The number of primary amides is 2. The summed E-state index contributed by atoms with van der Waals surface area (Å²) in [7, 11) is 1.71. The summed E-state index contributed by atoms with van der Waals surface area (Å²) in [6.07, 6.45) is 2.04. The van der Waals surface area contributed by atoms with Crippen molar-refractivity contribution in [2.45, 2.75) is 185 Å². The van der Waals surface area contributed by atoms with Gasteiger partial charge in [0.2, 0.25) is 82.7 Å². The molecule has 1 aliphatic rings. The molecule has 1 fully saturated rings. The second-order valence-electron chi connectivity index (χ2n) is 26.5. The Kier molecular flexibility index (Phi) is 35.0. The number of imidazole rings is 2. The minimum Gasteiger partial charge on any atom is -0.481 e. The molecule has 0 unspecified atom stereocenters. The fourth-order valence-electron chi connectivity index (χ4n) is 10.9. The summed E-state index contributed by atoms with van der Waals surface area (Å²) in [5.74, 6) is -19.4. The van der Waals surface area contributed by atoms with Gasteiger partial charge in [-0.25, -0.2) is 9.97 Å². The number of para-hydroxylation sites is 1. The van der Waals surface area contributed by atoms with Crippen molar-refractivity contribution in [2.75, 3.05) is 24.6 Å². The Bertz CT molecular complexity index is 3820. The first kappa shape index (κ1) is 87.8. The number of nitrogens with zero attached hydrogens (tertiary/aromatic N) is 3. The number of hydrogen-bond acceptors (Lipinski definition) is 22. The van der Waals surface area contributed by atoms with E-state index in [1.807, 2.05) is 0 Å². The molecule has 0 spiro atoms. The lowest BCUT2D eigenvalue weighted by molar-refractivity contribution is -0.141. The van der Waals surface area contributed by atoms with Gasteiger partial charge in [-0.05, 0) is 55.6 Å². The lowest BCUT2D eigenvalue weighted by Gasteiger charge is -2.30. The smallest absolute Gasteiger partial charge is 0.305 e. The molecule has 1 saturated heterocycles. The summed E-state index contributed by atoms with van der Waals surface area (Å²) < 4.78 is 0. The average Bonchev–Trinajstić information content (AvgIpc) is 1.65. The predicted molar refractivity (Wildman–Crippen MR) is 394 cm³/mol. The maximum atomic E-state index is 14.9. The lowest BCUT2D eigenvalue weighted by atomic mass is 9.98. The van der Waals surface area contributed by atoms with Crippen molar-refractivity contribution in [3.8, 4) is 0 Å². The minimum atomic E-state index is -2.04. The van der Waals surface area contributed by atoms with Crippen LogP contribution in [0.4, 0.5) is 0 Å². The molecule has 42 heteroatoms. The van der Waals surface area contributed by atoms with Crippen LogP contribution in [0.15, 0.2) is 60.5 Å². The molecule has 4 aromatic rings. The maximum Gasteiger partial charge on any atom is 0.305 e. The van der Waals surface area contributed by atoms with Crippen LogP contribution in [0.2, 0.25) is 0 Å². The number of carboxylic acid groups (broad SMARTS) is 1. The Balaban J connectivity index is 1.66. The molecule has 592 valence electrons. The van der Waals surface area contributed by atoms with Crippen LogP contribution in [0.25, 0.3) is 10.9 Å². The van der Waals surface area contributed by atoms with Crippen LogP contribution in [0.1, 0.15) is 104 Å². The third-order valence-electron chi connectivity index (χ3n) is 17.3. The number of carbonyl (C=O) groups is 15. The van der Waals surface area contributed by atoms with Crippen molar-refractivity contribution in [1.29, 1.82) is 0 Å². The molecule has 0 aliphatic carbocycles. The Labute approximate surface area is 628 Å². The first-order valence-electron chi connectivity index (χ1n) is 34.7. The third-order valence-corrected chi connectivity index (χ3v) is 19.7. The highest BCUT2D eigenvalue weighted by atomic mass is 33.1. The highest BCUT2D eigenvalue weighted by molar-refractivity contribution is 8.76. The molecule has 4 heterocycles. The molecule has 0 saturated carbocycles. The minimum absolute atomic E-state index is 0.0154. The molecular weight excluding hydrogens is 1450 g/mol. The van der Waals surface area contributed by atoms with Crippen LogP contribution in [0.3, 0.4) is 0 Å². The fraction of sp³-hybridized carbons (Fsp3) is 0.545. The van der Waals surface area contributed by atoms with E-state index in [4.69, 9.17) is 28.7 Å². The van der Waals surface area contributed by atoms with Gasteiger partial charge in [-0.3, -0.25) is 76.9 Å². The molecule has 1 aliphatic heterocycles. The molecule has 3 aromatic heterocycles. The van der Waals surface area contributed by atoms with Crippen molar-refractivity contribution >= 4 is 127 Å². The summed E-state index contributed by atoms with van der Waals surface area (Å²) in [5, 5.41) is 51.4. The molecule has 27 N–H and O–H groups in total. The van der Waals surface area contributed by atoms with Crippen LogP contribution in [0.5, 0.6) is 0 Å². The van der Waals surface area contributed by atoms with Gasteiger partial charge in [0.05, 0.1) is 37.8 Å². The predicted octanol–water partition coefficient (Wildman–Crippen LogP) is -6.17. The number of benzene rings is 1. The van der Waals surface area contributed by atoms with Gasteiger partial charge in [0.1, 0.15) is 66.5 Å². The second-order valence-corrected chi connectivity index (χ2v) is 29.1. The van der Waals surface area contributed by atoms with E-state index in [0.717, 1.165) is 28.5 Å². The second kappa shape index (κ2) is 43.1. The summed E-state index contributed by atoms with van der Waals surface area (Å²) in [5.41, 5.74) is 30.2. The van der Waals surface area contributed by atoms with Crippen molar-refractivity contribution in [3.63, 3.8) is 0 Å². The molecule has 5 rings (SSSR count). The Hall–Kier alpha value is -10.9. The number of aliphatic carboxylic acids is 1. The number of fused-ring (bicyclic) bond motifs is 1. The number of hydrogen-bond donors (Lipinski definition) is 22. The largest absolute Gasteiger partial charge is 0.481 e. The van der Waals surface area contributed by atoms with Gasteiger partial charge in [-0.15, -0.1) is 0 Å². The molecule has 108 heavy (non-hydrogen) atoms. The SMILES string of the molecule is CC[C@H](C)[C@H](N)C(=O)N[C@H]1CSSC[C@@H](C(=O)N[C@H](C(N)=O)[C@@H](C)O)NC(=O)[C@H](CCCN=C(N)N)NC(=O)[C@@H](Cc2cnc[nH]2)NC(=O)[C@H](Cc2cnc[nH]2)NC(=O)CNC(=O)[C@H](Cc2c[nH]c3ccccc23)NC(=O)[C@@H](CC(=O)O)NC(=O)[C@H](CCC(N)=O)NC(=O)[C@@H](C(C)C)NC(=O)[C@H](C(C)C)NC1=O. The van der Waals surface area contributed by atoms with Gasteiger partial charge in [0.25, 0.3) is 0 Å². The highest BCUT2D eigenvalue weighted by Gasteiger charge is 2.39. The van der Waals surface area contributed by atoms with Crippen LogP contribution < -0.4 is 92.5 Å². The number of aliphatic hydroxyl groups excluding tert-OH is 1. The number of nitrogens with two attached hydrogens (primary N) is 5. The van der Waals surface area contributed by atoms with E-state index < -0.39 is 217 Å². The van der Waals surface area contributed by atoms with Crippen molar-refractivity contribution in [2.24, 2.45) is 51.4 Å². The van der Waals surface area contributed by atoms with E-state index in [0.29, 0.717) is 22.9 Å². The zero-order chi connectivity index (χ0) is 80.1. The number of guanidine groups is 1. The number of carboxylic acids is 1. The van der Waals surface area contributed by atoms with Crippen LogP contribution in [0, 0.1) is 17.8 Å². The molecule has 0 radical (unpaired) electrons. The average molecular weight is 1550 g/mol. The zero-order valence-corrected chi connectivity index (χ0v) is 62.3. The summed E-state index contributed by atoms with van der Waals surface area (Å²) in [4.78, 5) is 232. The van der Waals surface area contributed by atoms with E-state index in [1.54, 1.807) is 52.0 Å². The van der Waals surface area contributed by atoms with Crippen molar-refractivity contribution in [1.82, 2.24) is 88.7 Å². The molecule has 14 amide bonds. The quantitative estimate of drug-likeness (QED) is 0.0127. The number of rotatable bonds is 25. The zero-order valence-electron chi connectivity index (χ0n) is 60.7. The van der Waals surface area contributed by atoms with Gasteiger partial charge in [-0.2, -0.15) is 0 Å². The van der Waals surface area contributed by atoms with Gasteiger partial charge < -0.3 is 118 Å². The number of amides is 14. The van der Waals surface area contributed by atoms with Gasteiger partial charge in [-0.1, -0.05) is 87.8 Å². The van der Waals surface area contributed by atoms with E-state index in [1.165, 1.54) is 45.1 Å². The van der Waals surface area contributed by atoms with Crippen LogP contribution >= 0.6 is 21.6 Å². The lowest BCUT2D eigenvalue weighted by Crippen LogP contribution is -2.62. The van der Waals surface area contributed by atoms with E-state index in [9.17, 15) is 82.1 Å². The van der Waals surface area contributed by atoms with Crippen LogP contribution in [-0.4, -0.2) is 233 Å². The molecule has 40 nitrogen and oxygen atoms in total. The van der Waals surface area contributed by atoms with Gasteiger partial charge in [0, 0.05) is 84.6 Å². The van der Waals surface area contributed by atoms with E-state index in [-0.39, 0.29) is 61.7 Å². The number of nitrogens with one attached hydrogen (secondary N) is 15. The Morgan fingerprint density at radius 3 is 1.69 bits per heavy atom. The molecule has 14 atom stereocenters. The van der Waals surface area contributed by atoms with E-state index >= 15 is 0 Å². The summed E-state index contributed by atoms with van der Waals surface area (Å²) in [6, 6.07) is -12.7. The number of carbonyl (C=O) groups excluding carboxylic acids is 14. The Morgan fingerprint density at radius 1 is 0.620 bits per heavy atom. The van der Waals surface area contributed by atoms with Gasteiger partial charge in [0.15, 0.2) is 5.96 Å². The standard InChI is InChI=1S/C66H99N23O17S2/c1-8-32(6)50(68)63(104)86-46-27-108-107-26-45(62(103)89-53(33(7)90)54(69)95)85-56(97)39(14-11-17-74-66(70)71)80-59(100)43(20-36-24-73-29-78-36)83-58(99)42(19-35-23-72-28-77-35)79-48(92)25-76-55(96)41(18-34-22-75-38-13-10-9-12-37(34)38)82-60(101)44(21-49(93)94)84-57(98)40(15-16-47(67)91)81-64(105)51(30(2)3)88-65(106)52(31(4)5)87-61(46)102/h9-10,12-13,22-24,28-33,39-46,50-53,75,90H,8,11,14-21,25-27,68H2,1-7H3,(H2,67,91)(H2,69,95)(H,72,77)(H,73,78)(H,76,96)(H,79,92)(H,80,100)(H,81,105)(H,82,101)(H,83,99)(H,84,98)(H,85,97)(H,86,104)(H,87,102)(H,88,106)(H,89,103)(H,93,94)(H4,70,71,74)/t32-,33+,39-,40-,41-,42-,43+,44+,45-,46-,50-,51+,52-,53-/m0/s1. The third kappa shape index (κ3) is 28.1. The fourth-order valence-corrected chi connectivity index (χ4v) is 13.2. The Morgan fingerprint density at radius 2 is 1.14 bits per heavy atom. The first-order chi connectivity index (χ1) is 51.1. The molecule has 0 bridgehead atoms. The number of aliphatic imine (C=N–C) groups is 1. The monoisotopic (exact) mass is 1550 g/mol. The number of aromatic nitrogens is 5. The number of aliphatic hydroxyl groups is 1. The summed E-state index contributed by atoms with van der Waals surface area (Å²) in [6.45, 7) is 9.74. The maximum absolute atomic E-state index is 14.9. The first-order valence-corrected chi connectivity index (χ1v) is 37.2. The topological polar surface area (TPSA) is 656 Å². The number of H-pyrrole nitrogens is 3. The van der Waals surface area contributed by atoms with Crippen LogP contribution in [-0.2, 0) is 91.2 Å². The number of aromatic amines is 3. The molecular formula is C66H99N23O17S2. The van der Waals surface area contributed by atoms with Crippen molar-refractivity contribution < 1.29 is 82.1 Å². The van der Waals surface area contributed by atoms with Crippen molar-refractivity contribution in [3.05, 3.63) is 72.5 Å². The summed E-state index contributed by atoms with van der Waals surface area (Å²) >= 11 is 0. The van der Waals surface area contributed by atoms with E-state index in [2.05, 4.69) is 93.7 Å². The highest BCUT2D eigenvalue weighted by Crippen LogP contribution is 2.25. The molecule has 1 aromatic carbocycles. The van der Waals surface area contributed by atoms with Gasteiger partial charge >= 0.3 is 5.97 Å². The normalized spacial score (nSPS) is 23.2.